The van der Waals surface area contributed by atoms with Crippen molar-refractivity contribution in [1.29, 1.82) is 0 Å². The Morgan fingerprint density at radius 3 is 2.15 bits per heavy atom. The maximum atomic E-state index is 5.09. The van der Waals surface area contributed by atoms with Crippen LogP contribution >= 0.6 is 0 Å². The van der Waals surface area contributed by atoms with Gasteiger partial charge in [0.25, 0.3) is 0 Å². The third kappa shape index (κ3) is 2.89. The van der Waals surface area contributed by atoms with Crippen molar-refractivity contribution >= 4 is 22.2 Å². The van der Waals surface area contributed by atoms with Crippen molar-refractivity contribution in [3.63, 3.8) is 0 Å². The molecule has 1 aliphatic heterocycles. The van der Waals surface area contributed by atoms with Crippen molar-refractivity contribution < 1.29 is 0 Å². The van der Waals surface area contributed by atoms with Crippen molar-refractivity contribution in [2.45, 2.75) is 12.5 Å². The topological polar surface area (TPSA) is 15.6 Å². The molecule has 0 N–H and O–H groups in total. The standard InChI is InChI=1S/C25H20N2/c1-3-11-20(12-4-1)25-18-24(26-27(25)21-14-5-2-6-15-21)23-17-9-13-19-10-7-8-16-22(19)23/h1-17,25H,18H2/t25-/m0/s1. The van der Waals surface area contributed by atoms with Crippen molar-refractivity contribution in [2.75, 3.05) is 5.01 Å². The largest absolute Gasteiger partial charge is 0.257 e. The zero-order valence-corrected chi connectivity index (χ0v) is 15.0. The summed E-state index contributed by atoms with van der Waals surface area (Å²) in [4.78, 5) is 0. The fraction of sp³-hybridized carbons (Fsp3) is 0.0800. The van der Waals surface area contributed by atoms with E-state index in [1.807, 2.05) is 6.07 Å². The molecule has 0 amide bonds. The molecule has 0 spiro atoms. The number of hydrogen-bond acceptors (Lipinski definition) is 2. The van der Waals surface area contributed by atoms with Gasteiger partial charge < -0.3 is 0 Å². The van der Waals surface area contributed by atoms with Gasteiger partial charge in [-0.2, -0.15) is 5.10 Å². The SMILES string of the molecule is c1ccc([C@@H]2CC(c3cccc4ccccc34)=NN2c2ccccc2)cc1. The molecular weight excluding hydrogens is 328 g/mol. The summed E-state index contributed by atoms with van der Waals surface area (Å²) >= 11 is 0. The highest BCUT2D eigenvalue weighted by Crippen LogP contribution is 2.37. The molecule has 0 fully saturated rings. The second-order valence-electron chi connectivity index (χ2n) is 6.88. The van der Waals surface area contributed by atoms with Gasteiger partial charge in [-0.25, -0.2) is 0 Å². The zero-order chi connectivity index (χ0) is 18.1. The van der Waals surface area contributed by atoms with Crippen LogP contribution in [-0.2, 0) is 0 Å². The Kier molecular flexibility index (Phi) is 3.95. The van der Waals surface area contributed by atoms with Gasteiger partial charge >= 0.3 is 0 Å². The quantitative estimate of drug-likeness (QED) is 0.431. The molecule has 2 nitrogen and oxygen atoms in total. The summed E-state index contributed by atoms with van der Waals surface area (Å²) in [6, 6.07) is 36.4. The molecule has 0 aromatic heterocycles. The summed E-state index contributed by atoms with van der Waals surface area (Å²) in [5, 5.41) is 9.78. The van der Waals surface area contributed by atoms with Gasteiger partial charge in [0.15, 0.2) is 0 Å². The number of nitrogens with zero attached hydrogens (tertiary/aromatic N) is 2. The van der Waals surface area contributed by atoms with Crippen molar-refractivity contribution in [3.8, 4) is 0 Å². The lowest BCUT2D eigenvalue weighted by atomic mass is 9.95. The minimum Gasteiger partial charge on any atom is -0.257 e. The maximum Gasteiger partial charge on any atom is 0.0831 e. The summed E-state index contributed by atoms with van der Waals surface area (Å²) in [6.45, 7) is 0. The van der Waals surface area contributed by atoms with Crippen LogP contribution in [0.3, 0.4) is 0 Å². The molecule has 0 aliphatic carbocycles. The van der Waals surface area contributed by atoms with Gasteiger partial charge in [-0.05, 0) is 28.5 Å². The lowest BCUT2D eigenvalue weighted by Gasteiger charge is -2.23. The van der Waals surface area contributed by atoms with E-state index in [1.165, 1.54) is 21.9 Å². The first kappa shape index (κ1) is 15.8. The van der Waals surface area contributed by atoms with Crippen molar-refractivity contribution in [1.82, 2.24) is 0 Å². The first-order valence-electron chi connectivity index (χ1n) is 9.35. The molecule has 27 heavy (non-hydrogen) atoms. The molecule has 0 bridgehead atoms. The lowest BCUT2D eigenvalue weighted by Crippen LogP contribution is -2.18. The van der Waals surface area contributed by atoms with Gasteiger partial charge in [0.05, 0.1) is 17.4 Å². The molecule has 5 rings (SSSR count). The van der Waals surface area contributed by atoms with Crippen LogP contribution in [0, 0.1) is 0 Å². The van der Waals surface area contributed by atoms with Gasteiger partial charge in [-0.15, -0.1) is 0 Å². The monoisotopic (exact) mass is 348 g/mol. The van der Waals surface area contributed by atoms with E-state index in [4.69, 9.17) is 5.10 Å². The molecule has 0 unspecified atom stereocenters. The third-order valence-corrected chi connectivity index (χ3v) is 5.22. The minimum absolute atomic E-state index is 0.211. The van der Waals surface area contributed by atoms with Crippen molar-refractivity contribution in [3.05, 3.63) is 114 Å². The van der Waals surface area contributed by atoms with Crippen LogP contribution in [0.2, 0.25) is 0 Å². The second kappa shape index (κ2) is 6.73. The van der Waals surface area contributed by atoms with Crippen LogP contribution in [-0.4, -0.2) is 5.71 Å². The smallest absolute Gasteiger partial charge is 0.0831 e. The van der Waals surface area contributed by atoms with E-state index < -0.39 is 0 Å². The predicted octanol–water partition coefficient (Wildman–Crippen LogP) is 6.20. The Morgan fingerprint density at radius 2 is 1.33 bits per heavy atom. The van der Waals surface area contributed by atoms with Gasteiger partial charge in [-0.3, -0.25) is 5.01 Å². The number of anilines is 1. The summed E-state index contributed by atoms with van der Waals surface area (Å²) in [5.74, 6) is 0. The number of benzene rings is 4. The highest BCUT2D eigenvalue weighted by atomic mass is 15.5. The fourth-order valence-electron chi connectivity index (χ4n) is 3.90. The number of rotatable bonds is 3. The number of hydrogen-bond donors (Lipinski definition) is 0. The molecule has 1 aliphatic rings. The van der Waals surface area contributed by atoms with Gasteiger partial charge in [0.1, 0.15) is 0 Å². The minimum atomic E-state index is 0.211. The summed E-state index contributed by atoms with van der Waals surface area (Å²) in [7, 11) is 0. The Morgan fingerprint density at radius 1 is 0.667 bits per heavy atom. The van der Waals surface area contributed by atoms with Crippen molar-refractivity contribution in [2.24, 2.45) is 5.10 Å². The fourth-order valence-corrected chi connectivity index (χ4v) is 3.90. The lowest BCUT2D eigenvalue weighted by molar-refractivity contribution is 0.709. The van der Waals surface area contributed by atoms with E-state index >= 15 is 0 Å². The van der Waals surface area contributed by atoms with E-state index in [0.29, 0.717) is 0 Å². The van der Waals surface area contributed by atoms with E-state index in [2.05, 4.69) is 102 Å². The van der Waals surface area contributed by atoms with Gasteiger partial charge in [-0.1, -0.05) is 91.0 Å². The Balaban J connectivity index is 1.63. The summed E-state index contributed by atoms with van der Waals surface area (Å²) in [6.07, 6.45) is 0.896. The molecule has 4 aromatic rings. The molecule has 0 radical (unpaired) electrons. The summed E-state index contributed by atoms with van der Waals surface area (Å²) < 4.78 is 0. The van der Waals surface area contributed by atoms with E-state index in [-0.39, 0.29) is 6.04 Å². The molecule has 0 saturated carbocycles. The molecular formula is C25H20N2. The van der Waals surface area contributed by atoms with Crippen LogP contribution in [0.5, 0.6) is 0 Å². The Hall–Kier alpha value is -3.39. The van der Waals surface area contributed by atoms with E-state index in [1.54, 1.807) is 0 Å². The van der Waals surface area contributed by atoms with E-state index in [9.17, 15) is 0 Å². The Bertz CT molecular complexity index is 1100. The Labute approximate surface area is 159 Å². The van der Waals surface area contributed by atoms with Gasteiger partial charge in [0.2, 0.25) is 0 Å². The molecule has 2 heteroatoms. The average molecular weight is 348 g/mol. The third-order valence-electron chi connectivity index (χ3n) is 5.22. The molecule has 0 saturated heterocycles. The highest BCUT2D eigenvalue weighted by Gasteiger charge is 2.30. The molecule has 130 valence electrons. The molecule has 1 atom stereocenters. The second-order valence-corrected chi connectivity index (χ2v) is 6.88. The highest BCUT2D eigenvalue weighted by molar-refractivity contribution is 6.12. The van der Waals surface area contributed by atoms with Crippen LogP contribution in [0.15, 0.2) is 108 Å². The number of para-hydroxylation sites is 1. The first-order valence-corrected chi connectivity index (χ1v) is 9.35. The number of fused-ring (bicyclic) bond motifs is 1. The average Bonchev–Trinajstić information content (AvgIpc) is 3.20. The van der Waals surface area contributed by atoms with Gasteiger partial charge in [0, 0.05) is 12.0 Å². The molecule has 1 heterocycles. The van der Waals surface area contributed by atoms with Crippen LogP contribution in [0.25, 0.3) is 10.8 Å². The van der Waals surface area contributed by atoms with Crippen LogP contribution < -0.4 is 5.01 Å². The van der Waals surface area contributed by atoms with Crippen LogP contribution in [0.4, 0.5) is 5.69 Å². The summed E-state index contributed by atoms with van der Waals surface area (Å²) in [5.41, 5.74) is 4.79. The van der Waals surface area contributed by atoms with E-state index in [0.717, 1.165) is 17.8 Å². The maximum absolute atomic E-state index is 5.09. The number of hydrazone groups is 1. The normalized spacial score (nSPS) is 16.5. The first-order chi connectivity index (χ1) is 13.4. The zero-order valence-electron chi connectivity index (χ0n) is 15.0. The molecule has 4 aromatic carbocycles. The predicted molar refractivity (Wildman–Crippen MR) is 113 cm³/mol. The van der Waals surface area contributed by atoms with Crippen LogP contribution in [0.1, 0.15) is 23.6 Å².